The number of rotatable bonds is 5. The second-order valence-electron chi connectivity index (χ2n) is 8.23. The predicted octanol–water partition coefficient (Wildman–Crippen LogP) is 2.27. The molecule has 1 unspecified atom stereocenters. The predicted molar refractivity (Wildman–Crippen MR) is 105 cm³/mol. The van der Waals surface area contributed by atoms with E-state index in [0.717, 1.165) is 56.1 Å². The van der Waals surface area contributed by atoms with Crippen LogP contribution in [0.2, 0.25) is 0 Å². The third kappa shape index (κ3) is 3.85. The Morgan fingerprint density at radius 3 is 2.62 bits per heavy atom. The minimum absolute atomic E-state index is 0.0484. The molecule has 0 aliphatic carbocycles. The third-order valence-corrected chi connectivity index (χ3v) is 5.46. The molecule has 1 saturated heterocycles. The first-order valence-electron chi connectivity index (χ1n) is 10.1. The fourth-order valence-electron chi connectivity index (χ4n) is 4.14. The molecule has 0 radical (unpaired) electrons. The summed E-state index contributed by atoms with van der Waals surface area (Å²) < 4.78 is 0. The molecule has 1 N–H and O–H groups in total. The maximum Gasteiger partial charge on any atom is 0.270 e. The van der Waals surface area contributed by atoms with E-state index in [0.29, 0.717) is 30.2 Å². The fraction of sp³-hybridized carbons (Fsp3) is 0.750. The zero-order chi connectivity index (χ0) is 18.8. The van der Waals surface area contributed by atoms with Crippen molar-refractivity contribution in [3.8, 4) is 0 Å². The number of carbonyl (C=O) groups excluding carboxylic acids is 1. The van der Waals surface area contributed by atoms with Crippen LogP contribution in [0.4, 0.5) is 5.82 Å². The van der Waals surface area contributed by atoms with Crippen LogP contribution in [0.25, 0.3) is 0 Å². The minimum Gasteiger partial charge on any atom is -0.353 e. The molecule has 2 aliphatic rings. The van der Waals surface area contributed by atoms with Gasteiger partial charge in [-0.25, -0.2) is 9.97 Å². The Bertz CT molecular complexity index is 658. The average molecular weight is 360 g/mol. The number of nitrogens with zero attached hydrogens (tertiary/aromatic N) is 4. The van der Waals surface area contributed by atoms with E-state index < -0.39 is 0 Å². The molecule has 1 fully saturated rings. The van der Waals surface area contributed by atoms with Gasteiger partial charge in [-0.3, -0.25) is 9.69 Å². The molecule has 144 valence electrons. The summed E-state index contributed by atoms with van der Waals surface area (Å²) >= 11 is 0. The van der Waals surface area contributed by atoms with Gasteiger partial charge in [-0.1, -0.05) is 20.8 Å². The number of amides is 1. The monoisotopic (exact) mass is 359 g/mol. The van der Waals surface area contributed by atoms with Crippen molar-refractivity contribution < 1.29 is 4.79 Å². The quantitative estimate of drug-likeness (QED) is 0.874. The van der Waals surface area contributed by atoms with E-state index in [-0.39, 0.29) is 5.91 Å². The highest BCUT2D eigenvalue weighted by Crippen LogP contribution is 2.28. The van der Waals surface area contributed by atoms with Crippen LogP contribution in [0.5, 0.6) is 0 Å². The molecule has 0 spiro atoms. The Labute approximate surface area is 157 Å². The van der Waals surface area contributed by atoms with Crippen molar-refractivity contribution >= 4 is 11.7 Å². The van der Waals surface area contributed by atoms with Crippen molar-refractivity contribution in [3.63, 3.8) is 0 Å². The van der Waals surface area contributed by atoms with Crippen LogP contribution in [0, 0.1) is 5.92 Å². The summed E-state index contributed by atoms with van der Waals surface area (Å²) in [5, 5.41) is 2.93. The summed E-state index contributed by atoms with van der Waals surface area (Å²) in [5.41, 5.74) is 1.63. The first kappa shape index (κ1) is 19.1. The summed E-state index contributed by atoms with van der Waals surface area (Å²) in [6.07, 6.45) is 2.75. The highest BCUT2D eigenvalue weighted by Gasteiger charge is 2.32. The average Bonchev–Trinajstić information content (AvgIpc) is 2.60. The SMILES string of the molecule is CCC1CN(c2nc(CC(C)C)nc3c2CCNC3=O)CCN1C(C)C. The van der Waals surface area contributed by atoms with Gasteiger partial charge in [-0.15, -0.1) is 0 Å². The van der Waals surface area contributed by atoms with E-state index in [9.17, 15) is 4.79 Å². The maximum atomic E-state index is 12.4. The zero-order valence-corrected chi connectivity index (χ0v) is 16.9. The summed E-state index contributed by atoms with van der Waals surface area (Å²) in [6.45, 7) is 14.8. The molecule has 0 saturated carbocycles. The zero-order valence-electron chi connectivity index (χ0n) is 16.9. The van der Waals surface area contributed by atoms with Crippen molar-refractivity contribution in [2.24, 2.45) is 5.92 Å². The van der Waals surface area contributed by atoms with E-state index in [1.165, 1.54) is 0 Å². The van der Waals surface area contributed by atoms with Crippen LogP contribution >= 0.6 is 0 Å². The van der Waals surface area contributed by atoms with Crippen molar-refractivity contribution in [3.05, 3.63) is 17.1 Å². The van der Waals surface area contributed by atoms with Gasteiger partial charge in [-0.05, 0) is 32.6 Å². The minimum atomic E-state index is -0.0484. The number of hydrogen-bond donors (Lipinski definition) is 1. The van der Waals surface area contributed by atoms with E-state index in [2.05, 4.69) is 54.7 Å². The summed E-state index contributed by atoms with van der Waals surface area (Å²) in [7, 11) is 0. The van der Waals surface area contributed by atoms with Crippen LogP contribution in [0.15, 0.2) is 0 Å². The number of hydrogen-bond acceptors (Lipinski definition) is 5. The molecule has 1 amide bonds. The van der Waals surface area contributed by atoms with Gasteiger partial charge in [0, 0.05) is 50.2 Å². The standard InChI is InChI=1S/C20H33N5O/c1-6-15-12-24(9-10-25(15)14(4)5)19-16-7-8-21-20(26)18(16)22-17(23-19)11-13(2)3/h13-15H,6-12H2,1-5H3,(H,21,26). The molecule has 6 nitrogen and oxygen atoms in total. The topological polar surface area (TPSA) is 61.4 Å². The lowest BCUT2D eigenvalue weighted by Crippen LogP contribution is -2.55. The number of piperazine rings is 1. The van der Waals surface area contributed by atoms with Gasteiger partial charge in [-0.2, -0.15) is 0 Å². The van der Waals surface area contributed by atoms with Gasteiger partial charge in [0.1, 0.15) is 17.3 Å². The smallest absolute Gasteiger partial charge is 0.270 e. The number of carbonyl (C=O) groups is 1. The van der Waals surface area contributed by atoms with Crippen LogP contribution < -0.4 is 10.2 Å². The van der Waals surface area contributed by atoms with E-state index in [4.69, 9.17) is 4.98 Å². The van der Waals surface area contributed by atoms with Crippen molar-refractivity contribution in [2.45, 2.75) is 66.0 Å². The van der Waals surface area contributed by atoms with Crippen molar-refractivity contribution in [1.29, 1.82) is 0 Å². The second kappa shape index (κ2) is 7.91. The van der Waals surface area contributed by atoms with E-state index >= 15 is 0 Å². The third-order valence-electron chi connectivity index (χ3n) is 5.46. The van der Waals surface area contributed by atoms with Crippen molar-refractivity contribution in [1.82, 2.24) is 20.2 Å². The maximum absolute atomic E-state index is 12.4. The molecule has 1 atom stereocenters. The second-order valence-corrected chi connectivity index (χ2v) is 8.23. The van der Waals surface area contributed by atoms with Gasteiger partial charge in [0.25, 0.3) is 5.91 Å². The number of nitrogens with one attached hydrogen (secondary N) is 1. The number of aromatic nitrogens is 2. The molecular formula is C20H33N5O. The van der Waals surface area contributed by atoms with E-state index in [1.54, 1.807) is 0 Å². The van der Waals surface area contributed by atoms with E-state index in [1.807, 2.05) is 0 Å². The molecular weight excluding hydrogens is 326 g/mol. The Morgan fingerprint density at radius 2 is 1.96 bits per heavy atom. The summed E-state index contributed by atoms with van der Waals surface area (Å²) in [5.74, 6) is 2.22. The molecule has 3 rings (SSSR count). The highest BCUT2D eigenvalue weighted by molar-refractivity contribution is 5.96. The Kier molecular flexibility index (Phi) is 5.80. The lowest BCUT2D eigenvalue weighted by atomic mass is 10.0. The molecule has 1 aromatic rings. The Morgan fingerprint density at radius 1 is 1.19 bits per heavy atom. The normalized spacial score (nSPS) is 21.3. The molecule has 3 heterocycles. The lowest BCUT2D eigenvalue weighted by molar-refractivity contribution is 0.0939. The molecule has 1 aromatic heterocycles. The van der Waals surface area contributed by atoms with Gasteiger partial charge in [0.05, 0.1) is 0 Å². The molecule has 0 bridgehead atoms. The first-order chi connectivity index (χ1) is 12.4. The fourth-order valence-corrected chi connectivity index (χ4v) is 4.14. The largest absolute Gasteiger partial charge is 0.353 e. The number of fused-ring (bicyclic) bond motifs is 1. The molecule has 26 heavy (non-hydrogen) atoms. The lowest BCUT2D eigenvalue weighted by Gasteiger charge is -2.44. The van der Waals surface area contributed by atoms with Gasteiger partial charge < -0.3 is 10.2 Å². The van der Waals surface area contributed by atoms with Gasteiger partial charge >= 0.3 is 0 Å². The summed E-state index contributed by atoms with van der Waals surface area (Å²) in [6, 6.07) is 1.09. The molecule has 0 aromatic carbocycles. The molecule has 6 heteroatoms. The van der Waals surface area contributed by atoms with Crippen molar-refractivity contribution in [2.75, 3.05) is 31.1 Å². The molecule has 2 aliphatic heterocycles. The van der Waals surface area contributed by atoms with Gasteiger partial charge in [0.15, 0.2) is 0 Å². The van der Waals surface area contributed by atoms with Crippen LogP contribution in [0.1, 0.15) is 62.9 Å². The summed E-state index contributed by atoms with van der Waals surface area (Å²) in [4.78, 5) is 26.9. The van der Waals surface area contributed by atoms with Crippen LogP contribution in [0.3, 0.4) is 0 Å². The van der Waals surface area contributed by atoms with Crippen LogP contribution in [-0.4, -0.2) is 59.0 Å². The Balaban J connectivity index is 1.95. The highest BCUT2D eigenvalue weighted by atomic mass is 16.1. The Hall–Kier alpha value is -1.69. The first-order valence-corrected chi connectivity index (χ1v) is 10.1. The van der Waals surface area contributed by atoms with Gasteiger partial charge in [0.2, 0.25) is 0 Å². The van der Waals surface area contributed by atoms with Crippen LogP contribution in [-0.2, 0) is 12.8 Å². The number of anilines is 1.